The van der Waals surface area contributed by atoms with Crippen LogP contribution in [-0.2, 0) is 13.6 Å². The van der Waals surface area contributed by atoms with Gasteiger partial charge in [0.1, 0.15) is 0 Å². The molecule has 0 saturated heterocycles. The molecule has 0 unspecified atom stereocenters. The van der Waals surface area contributed by atoms with Gasteiger partial charge in [-0.25, -0.2) is 0 Å². The molecule has 0 aliphatic heterocycles. The van der Waals surface area contributed by atoms with Crippen molar-refractivity contribution in [2.24, 2.45) is 5.92 Å². The Hall–Kier alpha value is 0.150. The van der Waals surface area contributed by atoms with Crippen LogP contribution in [0.1, 0.15) is 26.7 Å². The van der Waals surface area contributed by atoms with Gasteiger partial charge < -0.3 is 9.05 Å². The average molecular weight is 192 g/mol. The molecule has 1 saturated carbocycles. The highest BCUT2D eigenvalue weighted by Gasteiger charge is 2.33. The fraction of sp³-hybridized carbons (Fsp3) is 1.00. The average Bonchev–Trinajstić information content (AvgIpc) is 2.72. The number of hydrogen-bond donors (Lipinski definition) is 0. The van der Waals surface area contributed by atoms with Crippen molar-refractivity contribution in [3.63, 3.8) is 0 Å². The maximum absolute atomic E-state index is 11.8. The number of hydrogen-bond acceptors (Lipinski definition) is 3. The van der Waals surface area contributed by atoms with E-state index in [9.17, 15) is 4.57 Å². The van der Waals surface area contributed by atoms with E-state index in [-0.39, 0.29) is 0 Å². The SMILES string of the molecule is CCOP(=O)(CC1CC1)OCC. The minimum absolute atomic E-state index is 0.476. The van der Waals surface area contributed by atoms with Crippen molar-refractivity contribution >= 4 is 7.60 Å². The summed E-state index contributed by atoms with van der Waals surface area (Å²) in [4.78, 5) is 0. The molecule has 0 amide bonds. The monoisotopic (exact) mass is 192 g/mol. The van der Waals surface area contributed by atoms with Crippen molar-refractivity contribution in [1.29, 1.82) is 0 Å². The Morgan fingerprint density at radius 3 is 2.08 bits per heavy atom. The molecule has 3 nitrogen and oxygen atoms in total. The second kappa shape index (κ2) is 4.40. The topological polar surface area (TPSA) is 35.5 Å². The van der Waals surface area contributed by atoms with Crippen molar-refractivity contribution in [2.75, 3.05) is 19.4 Å². The van der Waals surface area contributed by atoms with E-state index in [2.05, 4.69) is 0 Å². The third-order valence-electron chi connectivity index (χ3n) is 1.83. The summed E-state index contributed by atoms with van der Waals surface area (Å²) < 4.78 is 22.1. The van der Waals surface area contributed by atoms with Gasteiger partial charge in [-0.05, 0) is 32.6 Å². The van der Waals surface area contributed by atoms with Crippen LogP contribution in [0.4, 0.5) is 0 Å². The van der Waals surface area contributed by atoms with E-state index in [1.807, 2.05) is 13.8 Å². The molecule has 72 valence electrons. The van der Waals surface area contributed by atoms with Gasteiger partial charge in [0, 0.05) is 0 Å². The molecule has 1 rings (SSSR count). The molecule has 0 radical (unpaired) electrons. The molecule has 0 aromatic heterocycles. The van der Waals surface area contributed by atoms with Gasteiger partial charge >= 0.3 is 7.60 Å². The lowest BCUT2D eigenvalue weighted by molar-refractivity contribution is 0.219. The normalized spacial score (nSPS) is 18.2. The van der Waals surface area contributed by atoms with Crippen molar-refractivity contribution in [3.05, 3.63) is 0 Å². The maximum Gasteiger partial charge on any atom is 0.330 e. The standard InChI is InChI=1S/C8H17O3P/c1-3-10-12(9,11-4-2)7-8-5-6-8/h8H,3-7H2,1-2H3. The maximum atomic E-state index is 11.8. The van der Waals surface area contributed by atoms with E-state index in [0.717, 1.165) is 0 Å². The van der Waals surface area contributed by atoms with Crippen LogP contribution in [0, 0.1) is 5.92 Å². The lowest BCUT2D eigenvalue weighted by atomic mass is 10.5. The molecule has 1 fully saturated rings. The first-order chi connectivity index (χ1) is 5.70. The van der Waals surface area contributed by atoms with E-state index >= 15 is 0 Å². The first kappa shape index (κ1) is 10.2. The van der Waals surface area contributed by atoms with Gasteiger partial charge in [-0.15, -0.1) is 0 Å². The Morgan fingerprint density at radius 1 is 1.25 bits per heavy atom. The zero-order valence-electron chi connectivity index (χ0n) is 7.78. The van der Waals surface area contributed by atoms with Gasteiger partial charge in [0.25, 0.3) is 0 Å². The van der Waals surface area contributed by atoms with Crippen LogP contribution in [0.25, 0.3) is 0 Å². The van der Waals surface area contributed by atoms with Crippen molar-refractivity contribution in [2.45, 2.75) is 26.7 Å². The number of rotatable bonds is 6. The van der Waals surface area contributed by atoms with Gasteiger partial charge in [-0.3, -0.25) is 4.57 Å². The molecular formula is C8H17O3P. The van der Waals surface area contributed by atoms with E-state index in [0.29, 0.717) is 25.3 Å². The van der Waals surface area contributed by atoms with Gasteiger partial charge in [0.15, 0.2) is 0 Å². The lowest BCUT2D eigenvalue weighted by Crippen LogP contribution is -2.01. The minimum atomic E-state index is -2.71. The van der Waals surface area contributed by atoms with Crippen LogP contribution >= 0.6 is 7.60 Å². The molecule has 0 N–H and O–H groups in total. The molecule has 0 spiro atoms. The summed E-state index contributed by atoms with van der Waals surface area (Å²) in [6, 6.07) is 0. The molecule has 4 heteroatoms. The molecule has 0 atom stereocenters. The molecule has 1 aliphatic carbocycles. The van der Waals surface area contributed by atoms with Crippen LogP contribution in [0.3, 0.4) is 0 Å². The van der Waals surface area contributed by atoms with E-state index < -0.39 is 7.60 Å². The van der Waals surface area contributed by atoms with Crippen molar-refractivity contribution in [3.8, 4) is 0 Å². The van der Waals surface area contributed by atoms with Crippen LogP contribution in [-0.4, -0.2) is 19.4 Å². The third-order valence-corrected chi connectivity index (χ3v) is 4.10. The molecule has 0 aromatic rings. The Balaban J connectivity index is 2.38. The van der Waals surface area contributed by atoms with Crippen LogP contribution in [0.5, 0.6) is 0 Å². The Kier molecular flexibility index (Phi) is 3.76. The summed E-state index contributed by atoms with van der Waals surface area (Å²) in [5, 5.41) is 0. The predicted molar refractivity (Wildman–Crippen MR) is 48.4 cm³/mol. The molecule has 12 heavy (non-hydrogen) atoms. The first-order valence-corrected chi connectivity index (χ1v) is 6.31. The fourth-order valence-electron chi connectivity index (χ4n) is 1.15. The molecule has 0 bridgehead atoms. The predicted octanol–water partition coefficient (Wildman–Crippen LogP) is 2.66. The smallest absolute Gasteiger partial charge is 0.309 e. The molecular weight excluding hydrogens is 175 g/mol. The fourth-order valence-corrected chi connectivity index (χ4v) is 3.22. The van der Waals surface area contributed by atoms with Gasteiger partial charge in [-0.1, -0.05) is 0 Å². The first-order valence-electron chi connectivity index (χ1n) is 4.58. The summed E-state index contributed by atoms with van der Waals surface area (Å²) >= 11 is 0. The van der Waals surface area contributed by atoms with Crippen molar-refractivity contribution < 1.29 is 13.6 Å². The van der Waals surface area contributed by atoms with Gasteiger partial charge in [0.2, 0.25) is 0 Å². The van der Waals surface area contributed by atoms with Crippen LogP contribution < -0.4 is 0 Å². The van der Waals surface area contributed by atoms with E-state index in [1.165, 1.54) is 12.8 Å². The summed E-state index contributed by atoms with van der Waals surface area (Å²) in [6.45, 7) is 4.64. The summed E-state index contributed by atoms with van der Waals surface area (Å²) in [6.07, 6.45) is 2.99. The lowest BCUT2D eigenvalue weighted by Gasteiger charge is -2.16. The quantitative estimate of drug-likeness (QED) is 0.607. The highest BCUT2D eigenvalue weighted by molar-refractivity contribution is 7.53. The van der Waals surface area contributed by atoms with E-state index in [1.54, 1.807) is 0 Å². The zero-order chi connectivity index (χ0) is 9.03. The molecule has 0 aromatic carbocycles. The minimum Gasteiger partial charge on any atom is -0.309 e. The highest BCUT2D eigenvalue weighted by atomic mass is 31.2. The van der Waals surface area contributed by atoms with Gasteiger partial charge in [0.05, 0.1) is 19.4 Å². The highest BCUT2D eigenvalue weighted by Crippen LogP contribution is 2.53. The van der Waals surface area contributed by atoms with Gasteiger partial charge in [-0.2, -0.15) is 0 Å². The Morgan fingerprint density at radius 2 is 1.75 bits per heavy atom. The third kappa shape index (κ3) is 3.26. The Labute approximate surface area is 74.0 Å². The van der Waals surface area contributed by atoms with Crippen LogP contribution in [0.2, 0.25) is 0 Å². The van der Waals surface area contributed by atoms with Crippen molar-refractivity contribution in [1.82, 2.24) is 0 Å². The summed E-state index contributed by atoms with van der Waals surface area (Å²) in [5.74, 6) is 0.592. The van der Waals surface area contributed by atoms with Crippen LogP contribution in [0.15, 0.2) is 0 Å². The zero-order valence-corrected chi connectivity index (χ0v) is 8.68. The van der Waals surface area contributed by atoms with E-state index in [4.69, 9.17) is 9.05 Å². The summed E-state index contributed by atoms with van der Waals surface area (Å²) in [5.41, 5.74) is 0. The Bertz CT molecular complexity index is 167. The molecule has 0 heterocycles. The second-order valence-electron chi connectivity index (χ2n) is 3.07. The summed E-state index contributed by atoms with van der Waals surface area (Å²) in [7, 11) is -2.71. The largest absolute Gasteiger partial charge is 0.330 e. The molecule has 1 aliphatic rings. The second-order valence-corrected chi connectivity index (χ2v) is 5.18.